The molecule has 0 saturated carbocycles. The first-order valence-corrected chi connectivity index (χ1v) is 7.95. The van der Waals surface area contributed by atoms with E-state index in [0.29, 0.717) is 29.0 Å². The van der Waals surface area contributed by atoms with Crippen molar-refractivity contribution >= 4 is 23.1 Å². The Labute approximate surface area is 152 Å². The van der Waals surface area contributed by atoms with Crippen molar-refractivity contribution in [2.24, 2.45) is 0 Å². The first-order valence-electron chi connectivity index (χ1n) is 7.95. The van der Waals surface area contributed by atoms with Crippen LogP contribution in [-0.2, 0) is 0 Å². The molecule has 3 aromatic rings. The topological polar surface area (TPSA) is 77.5 Å². The maximum absolute atomic E-state index is 5.33. The van der Waals surface area contributed by atoms with Crippen LogP contribution in [0.3, 0.4) is 0 Å². The molecule has 0 aliphatic rings. The molecule has 0 spiro atoms. The quantitative estimate of drug-likeness (QED) is 0.666. The van der Waals surface area contributed by atoms with Crippen LogP contribution in [0.5, 0.6) is 17.2 Å². The van der Waals surface area contributed by atoms with Crippen molar-refractivity contribution in [1.82, 2.24) is 9.97 Å². The van der Waals surface area contributed by atoms with Crippen molar-refractivity contribution in [2.45, 2.75) is 0 Å². The lowest BCUT2D eigenvalue weighted by Crippen LogP contribution is -2.01. The summed E-state index contributed by atoms with van der Waals surface area (Å²) < 4.78 is 15.9. The number of methoxy groups -OCH3 is 3. The van der Waals surface area contributed by atoms with Gasteiger partial charge in [0.1, 0.15) is 11.6 Å². The van der Waals surface area contributed by atoms with Crippen molar-refractivity contribution in [3.8, 4) is 17.2 Å². The number of hydrogen-bond acceptors (Lipinski definition) is 7. The standard InChI is InChI=1S/C19H20N4O3/c1-24-15-7-5-4-6-14(15)22-19-20-11-10-18(23-19)21-13-8-9-16(25-2)17(12-13)26-3/h4-12H,1-3H3,(H2,20,21,22,23). The van der Waals surface area contributed by atoms with Crippen molar-refractivity contribution in [1.29, 1.82) is 0 Å². The molecule has 3 rings (SSSR count). The lowest BCUT2D eigenvalue weighted by Gasteiger charge is -2.12. The molecule has 2 N–H and O–H groups in total. The van der Waals surface area contributed by atoms with Gasteiger partial charge in [0.15, 0.2) is 11.5 Å². The van der Waals surface area contributed by atoms with E-state index in [1.165, 1.54) is 0 Å². The second kappa shape index (κ2) is 8.06. The van der Waals surface area contributed by atoms with Gasteiger partial charge in [-0.15, -0.1) is 0 Å². The van der Waals surface area contributed by atoms with Gasteiger partial charge in [-0.25, -0.2) is 4.98 Å². The van der Waals surface area contributed by atoms with Gasteiger partial charge in [0.05, 0.1) is 27.0 Å². The molecule has 2 aromatic carbocycles. The molecule has 0 bridgehead atoms. The number of nitrogens with one attached hydrogen (secondary N) is 2. The lowest BCUT2D eigenvalue weighted by atomic mass is 10.2. The molecule has 7 heteroatoms. The van der Waals surface area contributed by atoms with Crippen molar-refractivity contribution in [2.75, 3.05) is 32.0 Å². The van der Waals surface area contributed by atoms with Gasteiger partial charge in [0.2, 0.25) is 5.95 Å². The highest BCUT2D eigenvalue weighted by atomic mass is 16.5. The summed E-state index contributed by atoms with van der Waals surface area (Å²) in [7, 11) is 4.82. The SMILES string of the molecule is COc1ccccc1Nc1nccc(Nc2ccc(OC)c(OC)c2)n1. The Morgan fingerprint density at radius 1 is 0.769 bits per heavy atom. The minimum Gasteiger partial charge on any atom is -0.495 e. The van der Waals surface area contributed by atoms with Gasteiger partial charge in [0, 0.05) is 18.0 Å². The second-order valence-electron chi connectivity index (χ2n) is 5.29. The van der Waals surface area contributed by atoms with E-state index in [2.05, 4.69) is 20.6 Å². The summed E-state index contributed by atoms with van der Waals surface area (Å²) in [5.74, 6) is 3.12. The van der Waals surface area contributed by atoms with Gasteiger partial charge < -0.3 is 24.8 Å². The van der Waals surface area contributed by atoms with Gasteiger partial charge in [-0.2, -0.15) is 4.98 Å². The van der Waals surface area contributed by atoms with Crippen LogP contribution in [0.25, 0.3) is 0 Å². The highest BCUT2D eigenvalue weighted by molar-refractivity contribution is 5.65. The Hall–Kier alpha value is -3.48. The molecule has 134 valence electrons. The van der Waals surface area contributed by atoms with Crippen molar-refractivity contribution in [3.63, 3.8) is 0 Å². The average Bonchev–Trinajstić information content (AvgIpc) is 2.68. The number of ether oxygens (including phenoxy) is 3. The van der Waals surface area contributed by atoms with E-state index < -0.39 is 0 Å². The molecular formula is C19H20N4O3. The molecule has 1 heterocycles. The maximum atomic E-state index is 5.33. The lowest BCUT2D eigenvalue weighted by molar-refractivity contribution is 0.355. The van der Waals surface area contributed by atoms with Crippen LogP contribution >= 0.6 is 0 Å². The van der Waals surface area contributed by atoms with Crippen LogP contribution < -0.4 is 24.8 Å². The molecule has 0 aliphatic heterocycles. The van der Waals surface area contributed by atoms with Crippen LogP contribution in [0.2, 0.25) is 0 Å². The van der Waals surface area contributed by atoms with Gasteiger partial charge in [-0.3, -0.25) is 0 Å². The van der Waals surface area contributed by atoms with E-state index in [0.717, 1.165) is 11.4 Å². The van der Waals surface area contributed by atoms with Gasteiger partial charge in [0.25, 0.3) is 0 Å². The Balaban J connectivity index is 1.79. The third kappa shape index (κ3) is 3.94. The number of aromatic nitrogens is 2. The summed E-state index contributed by atoms with van der Waals surface area (Å²) in [6.45, 7) is 0. The Morgan fingerprint density at radius 2 is 1.54 bits per heavy atom. The summed E-state index contributed by atoms with van der Waals surface area (Å²) in [5, 5.41) is 6.39. The van der Waals surface area contributed by atoms with E-state index in [9.17, 15) is 0 Å². The first-order chi connectivity index (χ1) is 12.7. The fourth-order valence-corrected chi connectivity index (χ4v) is 2.42. The molecular weight excluding hydrogens is 332 g/mol. The van der Waals surface area contributed by atoms with E-state index in [-0.39, 0.29) is 0 Å². The molecule has 26 heavy (non-hydrogen) atoms. The summed E-state index contributed by atoms with van der Waals surface area (Å²) in [6.07, 6.45) is 1.67. The monoisotopic (exact) mass is 352 g/mol. The third-order valence-corrected chi connectivity index (χ3v) is 3.66. The second-order valence-corrected chi connectivity index (χ2v) is 5.29. The van der Waals surface area contributed by atoms with Crippen LogP contribution in [-0.4, -0.2) is 31.3 Å². The summed E-state index contributed by atoms with van der Waals surface area (Å²) in [6, 6.07) is 14.9. The number of anilines is 4. The number of para-hydroxylation sites is 2. The fraction of sp³-hybridized carbons (Fsp3) is 0.158. The summed E-state index contributed by atoms with van der Waals surface area (Å²) in [5.41, 5.74) is 1.61. The van der Waals surface area contributed by atoms with Crippen molar-refractivity contribution in [3.05, 3.63) is 54.7 Å². The zero-order valence-electron chi connectivity index (χ0n) is 14.8. The van der Waals surface area contributed by atoms with Crippen LogP contribution in [0.15, 0.2) is 54.7 Å². The van der Waals surface area contributed by atoms with Crippen LogP contribution in [0.1, 0.15) is 0 Å². The molecule has 7 nitrogen and oxygen atoms in total. The molecule has 1 aromatic heterocycles. The zero-order valence-corrected chi connectivity index (χ0v) is 14.8. The predicted octanol–water partition coefficient (Wildman–Crippen LogP) is 3.99. The largest absolute Gasteiger partial charge is 0.495 e. The zero-order chi connectivity index (χ0) is 18.4. The van der Waals surface area contributed by atoms with Gasteiger partial charge in [-0.05, 0) is 30.3 Å². The minimum atomic E-state index is 0.458. The minimum absolute atomic E-state index is 0.458. The molecule has 0 saturated heterocycles. The first kappa shape index (κ1) is 17.3. The molecule has 0 atom stereocenters. The molecule has 0 fully saturated rings. The van der Waals surface area contributed by atoms with E-state index in [4.69, 9.17) is 14.2 Å². The Kier molecular flexibility index (Phi) is 5.38. The van der Waals surface area contributed by atoms with Gasteiger partial charge >= 0.3 is 0 Å². The van der Waals surface area contributed by atoms with E-state index in [1.54, 1.807) is 33.6 Å². The van der Waals surface area contributed by atoms with E-state index >= 15 is 0 Å². The van der Waals surface area contributed by atoms with Crippen LogP contribution in [0, 0.1) is 0 Å². The molecule has 0 radical (unpaired) electrons. The number of hydrogen-bond donors (Lipinski definition) is 2. The number of benzene rings is 2. The van der Waals surface area contributed by atoms with Crippen molar-refractivity contribution < 1.29 is 14.2 Å². The Bertz CT molecular complexity index is 886. The molecule has 0 aliphatic carbocycles. The van der Waals surface area contributed by atoms with Gasteiger partial charge in [-0.1, -0.05) is 12.1 Å². The normalized spacial score (nSPS) is 10.1. The molecule has 0 amide bonds. The predicted molar refractivity (Wildman–Crippen MR) is 101 cm³/mol. The number of rotatable bonds is 7. The average molecular weight is 352 g/mol. The Morgan fingerprint density at radius 3 is 2.31 bits per heavy atom. The third-order valence-electron chi connectivity index (χ3n) is 3.66. The summed E-state index contributed by atoms with van der Waals surface area (Å²) in [4.78, 5) is 8.73. The fourth-order valence-electron chi connectivity index (χ4n) is 2.42. The highest BCUT2D eigenvalue weighted by Crippen LogP contribution is 2.31. The summed E-state index contributed by atoms with van der Waals surface area (Å²) >= 11 is 0. The van der Waals surface area contributed by atoms with E-state index in [1.807, 2.05) is 42.5 Å². The molecule has 0 unspecified atom stereocenters. The smallest absolute Gasteiger partial charge is 0.229 e. The highest BCUT2D eigenvalue weighted by Gasteiger charge is 2.07. The number of nitrogens with zero attached hydrogens (tertiary/aromatic N) is 2. The van der Waals surface area contributed by atoms with Crippen LogP contribution in [0.4, 0.5) is 23.1 Å². The maximum Gasteiger partial charge on any atom is 0.229 e.